The quantitative estimate of drug-likeness (QED) is 0.876. The molecule has 1 aliphatic rings. The Bertz CT molecular complexity index is 429. The average Bonchev–Trinajstić information content (AvgIpc) is 2.89. The van der Waals surface area contributed by atoms with Gasteiger partial charge in [-0.05, 0) is 25.2 Å². The van der Waals surface area contributed by atoms with Crippen LogP contribution in [-0.4, -0.2) is 45.3 Å². The normalized spacial score (nSPS) is 16.3. The fourth-order valence-electron chi connectivity index (χ4n) is 2.15. The molecule has 0 spiro atoms. The second kappa shape index (κ2) is 6.46. The highest BCUT2D eigenvalue weighted by Gasteiger charge is 2.23. The van der Waals surface area contributed by atoms with Crippen LogP contribution >= 0.6 is 11.3 Å². The molecular weight excluding hydrogens is 268 g/mol. The van der Waals surface area contributed by atoms with Gasteiger partial charge >= 0.3 is 12.0 Å². The number of aliphatic carboxylic acids is 1. The number of hydrogen-bond donors (Lipinski definition) is 2. The van der Waals surface area contributed by atoms with Crippen LogP contribution in [0.4, 0.5) is 9.93 Å². The molecule has 1 saturated heterocycles. The Morgan fingerprint density at radius 1 is 1.47 bits per heavy atom. The first-order valence-corrected chi connectivity index (χ1v) is 7.07. The van der Waals surface area contributed by atoms with E-state index in [1.54, 1.807) is 10.4 Å². The van der Waals surface area contributed by atoms with Gasteiger partial charge in [0, 0.05) is 19.5 Å². The number of carbonyl (C=O) groups excluding carboxylic acids is 1. The van der Waals surface area contributed by atoms with E-state index >= 15 is 0 Å². The lowest BCUT2D eigenvalue weighted by Crippen LogP contribution is -2.41. The summed E-state index contributed by atoms with van der Waals surface area (Å²) in [5, 5.41) is 19.2. The van der Waals surface area contributed by atoms with Gasteiger partial charge < -0.3 is 10.0 Å². The van der Waals surface area contributed by atoms with Crippen LogP contribution in [-0.2, 0) is 4.79 Å². The summed E-state index contributed by atoms with van der Waals surface area (Å²) in [5.41, 5.74) is 1.56. The molecule has 2 heterocycles. The number of carboxylic acid groups (broad SMARTS) is 1. The van der Waals surface area contributed by atoms with Crippen LogP contribution in [0.3, 0.4) is 0 Å². The number of likely N-dealkylation sites (tertiary alicyclic amines) is 1. The van der Waals surface area contributed by atoms with Gasteiger partial charge in [-0.15, -0.1) is 10.2 Å². The Labute approximate surface area is 114 Å². The maximum absolute atomic E-state index is 11.9. The summed E-state index contributed by atoms with van der Waals surface area (Å²) in [6, 6.07) is -0.159. The molecule has 0 radical (unpaired) electrons. The first kappa shape index (κ1) is 13.7. The molecule has 1 fully saturated rings. The predicted molar refractivity (Wildman–Crippen MR) is 70.1 cm³/mol. The van der Waals surface area contributed by atoms with Gasteiger partial charge in [0.25, 0.3) is 0 Å². The molecule has 1 aromatic rings. The number of rotatable bonds is 4. The van der Waals surface area contributed by atoms with Gasteiger partial charge in [-0.1, -0.05) is 11.3 Å². The summed E-state index contributed by atoms with van der Waals surface area (Å²) in [5.74, 6) is -0.349. The number of nitrogens with zero attached hydrogens (tertiary/aromatic N) is 3. The summed E-state index contributed by atoms with van der Waals surface area (Å²) >= 11 is 1.28. The summed E-state index contributed by atoms with van der Waals surface area (Å²) < 4.78 is 0. The number of urea groups is 1. The summed E-state index contributed by atoms with van der Waals surface area (Å²) in [6.07, 6.45) is 2.62. The molecule has 0 bridgehead atoms. The van der Waals surface area contributed by atoms with E-state index in [4.69, 9.17) is 5.11 Å². The molecule has 0 unspecified atom stereocenters. The maximum atomic E-state index is 11.9. The number of hydrogen-bond acceptors (Lipinski definition) is 5. The lowest BCUT2D eigenvalue weighted by atomic mass is 9.92. The minimum absolute atomic E-state index is 0.159. The average molecular weight is 284 g/mol. The smallest absolute Gasteiger partial charge is 0.323 e. The van der Waals surface area contributed by atoms with Gasteiger partial charge in [-0.3, -0.25) is 10.1 Å². The molecule has 104 valence electrons. The van der Waals surface area contributed by atoms with Crippen LogP contribution in [0.2, 0.25) is 0 Å². The van der Waals surface area contributed by atoms with E-state index in [2.05, 4.69) is 15.5 Å². The molecule has 0 saturated carbocycles. The molecule has 19 heavy (non-hydrogen) atoms. The number of nitrogens with one attached hydrogen (secondary N) is 1. The van der Waals surface area contributed by atoms with E-state index in [1.807, 2.05) is 0 Å². The zero-order chi connectivity index (χ0) is 13.7. The van der Waals surface area contributed by atoms with Crippen LogP contribution in [0.15, 0.2) is 5.51 Å². The largest absolute Gasteiger partial charge is 0.481 e. The third kappa shape index (κ3) is 4.16. The van der Waals surface area contributed by atoms with Gasteiger partial charge in [0.15, 0.2) is 0 Å². The Kier molecular flexibility index (Phi) is 4.67. The zero-order valence-electron chi connectivity index (χ0n) is 10.4. The highest BCUT2D eigenvalue weighted by atomic mass is 32.1. The fourth-order valence-corrected chi connectivity index (χ4v) is 2.59. The fraction of sp³-hybridized carbons (Fsp3) is 0.636. The second-order valence-corrected chi connectivity index (χ2v) is 5.37. The number of carbonyl (C=O) groups is 2. The Hall–Kier alpha value is -1.70. The van der Waals surface area contributed by atoms with Crippen LogP contribution in [0, 0.1) is 5.92 Å². The molecule has 0 aromatic carbocycles. The van der Waals surface area contributed by atoms with E-state index in [9.17, 15) is 9.59 Å². The molecule has 2 rings (SSSR count). The second-order valence-electron chi connectivity index (χ2n) is 4.54. The molecule has 2 amide bonds. The molecule has 0 aliphatic carbocycles. The predicted octanol–water partition coefficient (Wildman–Crippen LogP) is 1.65. The van der Waals surface area contributed by atoms with Crippen molar-refractivity contribution in [3.05, 3.63) is 5.51 Å². The number of amides is 2. The Balaban J connectivity index is 1.73. The topological polar surface area (TPSA) is 95.4 Å². The third-order valence-corrected chi connectivity index (χ3v) is 3.85. The van der Waals surface area contributed by atoms with Crippen molar-refractivity contribution in [1.82, 2.24) is 15.1 Å². The van der Waals surface area contributed by atoms with Crippen molar-refractivity contribution in [2.24, 2.45) is 5.92 Å². The highest BCUT2D eigenvalue weighted by molar-refractivity contribution is 7.13. The van der Waals surface area contributed by atoms with E-state index < -0.39 is 5.97 Å². The summed E-state index contributed by atoms with van der Waals surface area (Å²) in [4.78, 5) is 24.1. The van der Waals surface area contributed by atoms with Gasteiger partial charge in [-0.25, -0.2) is 4.79 Å². The highest BCUT2D eigenvalue weighted by Crippen LogP contribution is 2.22. The molecule has 1 aromatic heterocycles. The van der Waals surface area contributed by atoms with Crippen molar-refractivity contribution in [1.29, 1.82) is 0 Å². The van der Waals surface area contributed by atoms with Crippen LogP contribution in [0.1, 0.15) is 25.7 Å². The Morgan fingerprint density at radius 2 is 2.21 bits per heavy atom. The number of piperidine rings is 1. The maximum Gasteiger partial charge on any atom is 0.323 e. The van der Waals surface area contributed by atoms with Gasteiger partial charge in [0.2, 0.25) is 5.13 Å². The summed E-state index contributed by atoms with van der Waals surface area (Å²) in [6.45, 7) is 1.32. The van der Waals surface area contributed by atoms with Crippen LogP contribution < -0.4 is 5.32 Å². The molecular formula is C11H16N4O3S. The minimum atomic E-state index is -0.753. The SMILES string of the molecule is O=C(O)CCC1CCN(C(=O)Nc2nncs2)CC1. The molecule has 2 N–H and O–H groups in total. The third-order valence-electron chi connectivity index (χ3n) is 3.24. The van der Waals surface area contributed by atoms with E-state index in [1.165, 1.54) is 11.3 Å². The standard InChI is InChI=1S/C11H16N4O3S/c16-9(17)2-1-8-3-5-15(6-4-8)11(18)13-10-14-12-7-19-10/h7-8H,1-6H2,(H,16,17)(H,13,14,18). The molecule has 7 nitrogen and oxygen atoms in total. The lowest BCUT2D eigenvalue weighted by Gasteiger charge is -2.31. The number of aromatic nitrogens is 2. The van der Waals surface area contributed by atoms with Gasteiger partial charge in [-0.2, -0.15) is 0 Å². The van der Waals surface area contributed by atoms with Gasteiger partial charge in [0.1, 0.15) is 5.51 Å². The molecule has 0 atom stereocenters. The number of anilines is 1. The van der Waals surface area contributed by atoms with E-state index in [-0.39, 0.29) is 12.5 Å². The van der Waals surface area contributed by atoms with Crippen molar-refractivity contribution in [2.45, 2.75) is 25.7 Å². The number of carboxylic acids is 1. The minimum Gasteiger partial charge on any atom is -0.481 e. The van der Waals surface area contributed by atoms with Crippen molar-refractivity contribution >= 4 is 28.5 Å². The van der Waals surface area contributed by atoms with Crippen molar-refractivity contribution in [2.75, 3.05) is 18.4 Å². The Morgan fingerprint density at radius 3 is 2.79 bits per heavy atom. The molecule has 8 heteroatoms. The first-order chi connectivity index (χ1) is 9.15. The molecule has 1 aliphatic heterocycles. The van der Waals surface area contributed by atoms with Crippen molar-refractivity contribution in [3.63, 3.8) is 0 Å². The van der Waals surface area contributed by atoms with Crippen LogP contribution in [0.25, 0.3) is 0 Å². The summed E-state index contributed by atoms with van der Waals surface area (Å²) in [7, 11) is 0. The van der Waals surface area contributed by atoms with Gasteiger partial charge in [0.05, 0.1) is 0 Å². The van der Waals surface area contributed by atoms with Crippen molar-refractivity contribution < 1.29 is 14.7 Å². The zero-order valence-corrected chi connectivity index (χ0v) is 11.2. The van der Waals surface area contributed by atoms with E-state index in [0.29, 0.717) is 30.6 Å². The first-order valence-electron chi connectivity index (χ1n) is 6.19. The van der Waals surface area contributed by atoms with Crippen molar-refractivity contribution in [3.8, 4) is 0 Å². The lowest BCUT2D eigenvalue weighted by molar-refractivity contribution is -0.137. The van der Waals surface area contributed by atoms with E-state index in [0.717, 1.165) is 12.8 Å². The monoisotopic (exact) mass is 284 g/mol. The van der Waals surface area contributed by atoms with Crippen LogP contribution in [0.5, 0.6) is 0 Å².